The average Bonchev–Trinajstić information content (AvgIpc) is 1.37. The van der Waals surface area contributed by atoms with Crippen LogP contribution in [0.5, 0.6) is 0 Å². The fraction of sp³-hybridized carbons (Fsp3) is 0. The molecule has 0 N–H and O–H groups in total. The van der Waals surface area contributed by atoms with Crippen molar-refractivity contribution in [1.82, 2.24) is 0 Å². The van der Waals surface area contributed by atoms with E-state index in [0.29, 0.717) is 0 Å². The first-order valence-corrected chi connectivity index (χ1v) is 0.697. The van der Waals surface area contributed by atoms with E-state index in [0.717, 1.165) is 0 Å². The van der Waals surface area contributed by atoms with Crippen LogP contribution in [0.2, 0.25) is 0 Å². The molecule has 2 nitrogen and oxygen atoms in total. The molecule has 0 saturated heterocycles. The Hall–Kier alpha value is 1.12. The zero-order chi connectivity index (χ0) is 3.41. The van der Waals surface area contributed by atoms with E-state index in [4.69, 9.17) is 10.5 Å². The number of nitrogens with zero attached hydrogens (tertiary/aromatic N) is 2. The summed E-state index contributed by atoms with van der Waals surface area (Å²) in [6.07, 6.45) is 0. The summed E-state index contributed by atoms with van der Waals surface area (Å²) < 4.78 is 0. The predicted molar refractivity (Wildman–Crippen MR) is 17.0 cm³/mol. The molecule has 0 bridgehead atoms. The van der Waals surface area contributed by atoms with Gasteiger partial charge in [0.15, 0.2) is 12.1 Å². The second kappa shape index (κ2) is 16.5. The third kappa shape index (κ3) is 19.3. The van der Waals surface area contributed by atoms with E-state index in [1.165, 1.54) is 12.1 Å². The fourth-order valence-corrected chi connectivity index (χ4v) is 0. The molecule has 0 aliphatic heterocycles. The quantitative estimate of drug-likeness (QED) is 0.443. The minimum absolute atomic E-state index is 0. The van der Waals surface area contributed by atoms with Crippen molar-refractivity contribution in [2.75, 3.05) is 0 Å². The molecule has 4 heteroatoms. The zero-order valence-corrected chi connectivity index (χ0v) is 7.39. The summed E-state index contributed by atoms with van der Waals surface area (Å²) in [6.45, 7) is 0. The van der Waals surface area contributed by atoms with Crippen LogP contribution in [0.1, 0.15) is 0 Å². The standard InChI is InChI=1S/C2N2.Co.K/c3-1-2-4;;. The first-order chi connectivity index (χ1) is 1.91. The summed E-state index contributed by atoms with van der Waals surface area (Å²) in [5.41, 5.74) is 0. The van der Waals surface area contributed by atoms with Gasteiger partial charge in [-0.3, -0.25) is 0 Å². The smallest absolute Gasteiger partial charge is 0.181 e. The van der Waals surface area contributed by atoms with Gasteiger partial charge in [0.1, 0.15) is 0 Å². The van der Waals surface area contributed by atoms with Crippen LogP contribution in [0.4, 0.5) is 0 Å². The number of hydrogen-bond acceptors (Lipinski definition) is 2. The van der Waals surface area contributed by atoms with E-state index < -0.39 is 0 Å². The topological polar surface area (TPSA) is 47.6 Å². The monoisotopic (exact) mass is 150 g/mol. The Morgan fingerprint density at radius 1 is 1.00 bits per heavy atom. The van der Waals surface area contributed by atoms with Crippen molar-refractivity contribution in [3.8, 4) is 12.1 Å². The number of rotatable bonds is 0. The second-order valence-electron chi connectivity index (χ2n) is 0.224. The Labute approximate surface area is 89.1 Å². The molecule has 0 atom stereocenters. The first kappa shape index (κ1) is 15.7. The molecule has 6 heavy (non-hydrogen) atoms. The van der Waals surface area contributed by atoms with Gasteiger partial charge >= 0.3 is 0 Å². The van der Waals surface area contributed by atoms with Gasteiger partial charge in [-0.15, -0.1) is 0 Å². The zero-order valence-electron chi connectivity index (χ0n) is 3.23. The third-order valence-electron chi connectivity index (χ3n) is 0.0500. The minimum Gasteiger partial charge on any atom is -0.181 e. The Morgan fingerprint density at radius 3 is 1.17 bits per heavy atom. The van der Waals surface area contributed by atoms with Gasteiger partial charge in [-0.25, -0.2) is 0 Å². The normalized spacial score (nSPS) is 1.67. The van der Waals surface area contributed by atoms with Crippen molar-refractivity contribution in [2.24, 2.45) is 0 Å². The van der Waals surface area contributed by atoms with Gasteiger partial charge in [-0.05, 0) is 0 Å². The molecule has 0 fully saturated rings. The first-order valence-electron chi connectivity index (χ1n) is 0.697. The number of nitriles is 2. The van der Waals surface area contributed by atoms with E-state index in [-0.39, 0.29) is 68.2 Å². The molecular weight excluding hydrogens is 150 g/mol. The van der Waals surface area contributed by atoms with Crippen LogP contribution in [0, 0.1) is 22.7 Å². The predicted octanol–water partition coefficient (Wildman–Crippen LogP) is -0.350. The van der Waals surface area contributed by atoms with Crippen LogP contribution in [0.25, 0.3) is 0 Å². The Bertz CT molecular complexity index is 66.5. The van der Waals surface area contributed by atoms with Crippen LogP contribution in [-0.4, -0.2) is 51.4 Å². The molecule has 0 aliphatic carbocycles. The van der Waals surface area contributed by atoms with Crippen LogP contribution in [0.15, 0.2) is 0 Å². The second-order valence-corrected chi connectivity index (χ2v) is 0.224. The molecular formula is C2CoKN2. The van der Waals surface area contributed by atoms with E-state index in [9.17, 15) is 0 Å². The van der Waals surface area contributed by atoms with Crippen LogP contribution < -0.4 is 0 Å². The summed E-state index contributed by atoms with van der Waals surface area (Å²) in [4.78, 5) is 0. The molecule has 0 spiro atoms. The minimum atomic E-state index is 0. The molecule has 0 aromatic carbocycles. The van der Waals surface area contributed by atoms with Gasteiger partial charge in [0.2, 0.25) is 0 Å². The van der Waals surface area contributed by atoms with E-state index in [2.05, 4.69) is 0 Å². The average molecular weight is 150 g/mol. The summed E-state index contributed by atoms with van der Waals surface area (Å²) in [6, 6.07) is 2.47. The van der Waals surface area contributed by atoms with Crippen molar-refractivity contribution < 1.29 is 16.8 Å². The van der Waals surface area contributed by atoms with E-state index >= 15 is 0 Å². The van der Waals surface area contributed by atoms with Gasteiger partial charge in [0.05, 0.1) is 0 Å². The summed E-state index contributed by atoms with van der Waals surface area (Å²) >= 11 is 0. The van der Waals surface area contributed by atoms with E-state index in [1.807, 2.05) is 0 Å². The molecule has 0 aromatic rings. The van der Waals surface area contributed by atoms with Gasteiger partial charge in [-0.2, -0.15) is 10.5 Å². The van der Waals surface area contributed by atoms with Crippen molar-refractivity contribution in [2.45, 2.75) is 0 Å². The van der Waals surface area contributed by atoms with Gasteiger partial charge in [0, 0.05) is 68.2 Å². The molecule has 0 saturated carbocycles. The molecule has 0 unspecified atom stereocenters. The third-order valence-corrected chi connectivity index (χ3v) is 0.0500. The maximum absolute atomic E-state index is 7.26. The molecule has 0 aromatic heterocycles. The molecule has 0 rings (SSSR count). The van der Waals surface area contributed by atoms with Crippen molar-refractivity contribution in [3.63, 3.8) is 0 Å². The van der Waals surface area contributed by atoms with E-state index in [1.54, 1.807) is 0 Å². The Kier molecular flexibility index (Phi) is 43.1. The summed E-state index contributed by atoms with van der Waals surface area (Å²) in [5.74, 6) is 0. The van der Waals surface area contributed by atoms with Crippen molar-refractivity contribution >= 4 is 51.4 Å². The van der Waals surface area contributed by atoms with Crippen LogP contribution >= 0.6 is 0 Å². The molecule has 0 aliphatic rings. The van der Waals surface area contributed by atoms with Gasteiger partial charge in [0.25, 0.3) is 0 Å². The summed E-state index contributed by atoms with van der Waals surface area (Å²) in [7, 11) is 0. The van der Waals surface area contributed by atoms with Crippen LogP contribution in [-0.2, 0) is 16.8 Å². The molecule has 0 heterocycles. The van der Waals surface area contributed by atoms with Gasteiger partial charge < -0.3 is 0 Å². The van der Waals surface area contributed by atoms with Crippen LogP contribution in [0.3, 0.4) is 0 Å². The maximum Gasteiger partial charge on any atom is 0.181 e. The SMILES string of the molecule is N#CC#N.[Co].[K]. The maximum atomic E-state index is 7.26. The fourth-order valence-electron chi connectivity index (χ4n) is 0. The van der Waals surface area contributed by atoms with Gasteiger partial charge in [-0.1, -0.05) is 0 Å². The molecule has 2 radical (unpaired) electrons. The molecule has 28 valence electrons. The largest absolute Gasteiger partial charge is 0.181 e. The number of hydrogen-bond donors (Lipinski definition) is 0. The molecule has 0 amide bonds. The summed E-state index contributed by atoms with van der Waals surface area (Å²) in [5, 5.41) is 14.5. The van der Waals surface area contributed by atoms with Crippen molar-refractivity contribution in [1.29, 1.82) is 10.5 Å². The van der Waals surface area contributed by atoms with Crippen molar-refractivity contribution in [3.05, 3.63) is 0 Å². The Morgan fingerprint density at radius 2 is 1.17 bits per heavy atom. The Balaban J connectivity index is -0.0000000450.